The summed E-state index contributed by atoms with van der Waals surface area (Å²) in [5, 5.41) is 2.81. The van der Waals surface area contributed by atoms with E-state index in [0.29, 0.717) is 5.56 Å². The molecule has 122 valence electrons. The Morgan fingerprint density at radius 2 is 2.04 bits per heavy atom. The third-order valence-electron chi connectivity index (χ3n) is 3.22. The number of nitrogens with one attached hydrogen (secondary N) is 2. The number of halogens is 2. The van der Waals surface area contributed by atoms with Gasteiger partial charge in [-0.2, -0.15) is 0 Å². The smallest absolute Gasteiger partial charge is 0.278 e. The zero-order valence-corrected chi connectivity index (χ0v) is 14.9. The molecule has 6 nitrogen and oxygen atoms in total. The third kappa shape index (κ3) is 3.70. The highest BCUT2D eigenvalue weighted by Crippen LogP contribution is 2.24. The highest BCUT2D eigenvalue weighted by Gasteiger charge is 2.18. The van der Waals surface area contributed by atoms with Crippen molar-refractivity contribution in [3.05, 3.63) is 55.1 Å². The SMILES string of the molecule is CONC(=O)c1cc(C)c(=O)n(C)c1Nc1ccc(I)cc1F. The lowest BCUT2D eigenvalue weighted by Gasteiger charge is -2.17. The molecule has 0 radical (unpaired) electrons. The second kappa shape index (κ2) is 7.09. The Hall–Kier alpha value is -1.94. The minimum atomic E-state index is -0.542. The quantitative estimate of drug-likeness (QED) is 0.577. The van der Waals surface area contributed by atoms with Crippen molar-refractivity contribution >= 4 is 40.0 Å². The number of rotatable bonds is 4. The van der Waals surface area contributed by atoms with Gasteiger partial charge in [0.1, 0.15) is 11.6 Å². The van der Waals surface area contributed by atoms with Crippen LogP contribution < -0.4 is 16.4 Å². The highest BCUT2D eigenvalue weighted by atomic mass is 127. The molecule has 23 heavy (non-hydrogen) atoms. The van der Waals surface area contributed by atoms with Crippen LogP contribution in [0.1, 0.15) is 15.9 Å². The Kier molecular flexibility index (Phi) is 5.37. The molecule has 2 N–H and O–H groups in total. The standard InChI is InChI=1S/C15H15FIN3O3/c1-8-6-10(14(21)19-23-3)13(20(2)15(8)22)18-12-5-4-9(17)7-11(12)16/h4-7,18H,1-3H3,(H,19,21). The summed E-state index contributed by atoms with van der Waals surface area (Å²) in [5.41, 5.74) is 2.64. The van der Waals surface area contributed by atoms with Gasteiger partial charge in [0.25, 0.3) is 11.5 Å². The number of anilines is 2. The van der Waals surface area contributed by atoms with E-state index in [1.165, 1.54) is 30.9 Å². The molecular weight excluding hydrogens is 416 g/mol. The van der Waals surface area contributed by atoms with Gasteiger partial charge in [0.05, 0.1) is 18.4 Å². The number of carbonyl (C=O) groups is 1. The molecule has 0 aliphatic heterocycles. The van der Waals surface area contributed by atoms with Crippen molar-refractivity contribution in [3.63, 3.8) is 0 Å². The average molecular weight is 431 g/mol. The number of aryl methyl sites for hydroxylation is 1. The van der Waals surface area contributed by atoms with Crippen LogP contribution in [0.2, 0.25) is 0 Å². The molecule has 1 aromatic carbocycles. The van der Waals surface area contributed by atoms with Crippen LogP contribution in [0, 0.1) is 16.3 Å². The lowest BCUT2D eigenvalue weighted by atomic mass is 10.1. The van der Waals surface area contributed by atoms with E-state index in [9.17, 15) is 14.0 Å². The first kappa shape index (κ1) is 17.4. The monoisotopic (exact) mass is 431 g/mol. The van der Waals surface area contributed by atoms with Gasteiger partial charge in [-0.1, -0.05) is 0 Å². The van der Waals surface area contributed by atoms with Crippen LogP contribution in [0.15, 0.2) is 29.1 Å². The average Bonchev–Trinajstić information content (AvgIpc) is 2.50. The third-order valence-corrected chi connectivity index (χ3v) is 3.89. The van der Waals surface area contributed by atoms with E-state index in [1.807, 2.05) is 22.6 Å². The fourth-order valence-electron chi connectivity index (χ4n) is 2.08. The molecule has 0 saturated heterocycles. The fraction of sp³-hybridized carbons (Fsp3) is 0.200. The fourth-order valence-corrected chi connectivity index (χ4v) is 2.54. The van der Waals surface area contributed by atoms with E-state index >= 15 is 0 Å². The molecule has 0 spiro atoms. The van der Waals surface area contributed by atoms with Gasteiger partial charge in [-0.15, -0.1) is 0 Å². The maximum absolute atomic E-state index is 14.0. The first-order chi connectivity index (χ1) is 10.8. The number of pyridine rings is 1. The molecule has 1 heterocycles. The number of hydrogen-bond acceptors (Lipinski definition) is 4. The molecule has 0 aliphatic carbocycles. The number of hydroxylamine groups is 1. The highest BCUT2D eigenvalue weighted by molar-refractivity contribution is 14.1. The van der Waals surface area contributed by atoms with Crippen molar-refractivity contribution in [3.8, 4) is 0 Å². The Balaban J connectivity index is 2.57. The van der Waals surface area contributed by atoms with Crippen molar-refractivity contribution in [1.82, 2.24) is 10.0 Å². The number of carbonyl (C=O) groups excluding carboxylic acids is 1. The zero-order chi connectivity index (χ0) is 17.1. The maximum Gasteiger partial charge on any atom is 0.278 e. The Bertz CT molecular complexity index is 820. The van der Waals surface area contributed by atoms with Crippen LogP contribution >= 0.6 is 22.6 Å². The first-order valence-electron chi connectivity index (χ1n) is 6.61. The van der Waals surface area contributed by atoms with E-state index in [0.717, 1.165) is 3.57 Å². The lowest BCUT2D eigenvalue weighted by Crippen LogP contribution is -2.29. The summed E-state index contributed by atoms with van der Waals surface area (Å²) in [7, 11) is 2.81. The lowest BCUT2D eigenvalue weighted by molar-refractivity contribution is 0.0538. The normalized spacial score (nSPS) is 10.5. The van der Waals surface area contributed by atoms with Crippen molar-refractivity contribution in [2.75, 3.05) is 12.4 Å². The van der Waals surface area contributed by atoms with Crippen molar-refractivity contribution in [2.24, 2.45) is 7.05 Å². The van der Waals surface area contributed by atoms with Crippen molar-refractivity contribution in [1.29, 1.82) is 0 Å². The summed E-state index contributed by atoms with van der Waals surface area (Å²) < 4.78 is 16.0. The van der Waals surface area contributed by atoms with Gasteiger partial charge < -0.3 is 5.32 Å². The molecule has 2 aromatic rings. The van der Waals surface area contributed by atoms with E-state index in [2.05, 4.69) is 15.6 Å². The van der Waals surface area contributed by atoms with Crippen LogP contribution in [0.5, 0.6) is 0 Å². The van der Waals surface area contributed by atoms with Crippen LogP contribution in [0.3, 0.4) is 0 Å². The van der Waals surface area contributed by atoms with Gasteiger partial charge in [0, 0.05) is 16.2 Å². The van der Waals surface area contributed by atoms with Gasteiger partial charge in [0.2, 0.25) is 0 Å². The number of amides is 1. The van der Waals surface area contributed by atoms with E-state index in [4.69, 9.17) is 0 Å². The van der Waals surface area contributed by atoms with Crippen molar-refractivity contribution in [2.45, 2.75) is 6.92 Å². The zero-order valence-electron chi connectivity index (χ0n) is 12.7. The van der Waals surface area contributed by atoms with Gasteiger partial charge in [0.15, 0.2) is 0 Å². The summed E-state index contributed by atoms with van der Waals surface area (Å²) in [6, 6.07) is 6.04. The first-order valence-corrected chi connectivity index (χ1v) is 7.69. The van der Waals surface area contributed by atoms with Crippen LogP contribution in [-0.4, -0.2) is 17.6 Å². The van der Waals surface area contributed by atoms with E-state index in [-0.39, 0.29) is 22.6 Å². The molecule has 0 unspecified atom stereocenters. The predicted octanol–water partition coefficient (Wildman–Crippen LogP) is 2.47. The molecule has 8 heteroatoms. The maximum atomic E-state index is 14.0. The van der Waals surface area contributed by atoms with Crippen LogP contribution in [0.25, 0.3) is 0 Å². The summed E-state index contributed by atoms with van der Waals surface area (Å²) in [4.78, 5) is 28.9. The van der Waals surface area contributed by atoms with E-state index < -0.39 is 11.7 Å². The van der Waals surface area contributed by atoms with Crippen LogP contribution in [-0.2, 0) is 11.9 Å². The summed E-state index contributed by atoms with van der Waals surface area (Å²) in [5.74, 6) is -0.849. The molecule has 2 rings (SSSR count). The predicted molar refractivity (Wildman–Crippen MR) is 93.3 cm³/mol. The van der Waals surface area contributed by atoms with Crippen LogP contribution in [0.4, 0.5) is 15.9 Å². The largest absolute Gasteiger partial charge is 0.339 e. The van der Waals surface area contributed by atoms with Gasteiger partial charge in [-0.3, -0.25) is 19.0 Å². The summed E-state index contributed by atoms with van der Waals surface area (Å²) in [6.07, 6.45) is 0. The van der Waals surface area contributed by atoms with Gasteiger partial charge in [-0.25, -0.2) is 9.87 Å². The number of aromatic nitrogens is 1. The molecule has 0 saturated carbocycles. The minimum Gasteiger partial charge on any atom is -0.339 e. The molecule has 1 amide bonds. The topological polar surface area (TPSA) is 72.4 Å². The molecule has 0 atom stereocenters. The molecule has 0 bridgehead atoms. The minimum absolute atomic E-state index is 0.163. The molecular formula is C15H15FIN3O3. The number of hydrogen-bond donors (Lipinski definition) is 2. The molecule has 1 aromatic heterocycles. The van der Waals surface area contributed by atoms with E-state index in [1.54, 1.807) is 19.1 Å². The van der Waals surface area contributed by atoms with Gasteiger partial charge >= 0.3 is 0 Å². The molecule has 0 aliphatic rings. The Morgan fingerprint density at radius 1 is 1.35 bits per heavy atom. The Morgan fingerprint density at radius 3 is 2.65 bits per heavy atom. The number of benzene rings is 1. The molecule has 0 fully saturated rings. The summed E-state index contributed by atoms with van der Waals surface area (Å²) >= 11 is 1.99. The number of nitrogens with zero attached hydrogens (tertiary/aromatic N) is 1. The summed E-state index contributed by atoms with van der Waals surface area (Å²) in [6.45, 7) is 1.60. The second-order valence-corrected chi connectivity index (χ2v) is 6.08. The second-order valence-electron chi connectivity index (χ2n) is 4.84. The van der Waals surface area contributed by atoms with Gasteiger partial charge in [-0.05, 0) is 53.8 Å². The van der Waals surface area contributed by atoms with Crippen molar-refractivity contribution < 1.29 is 14.0 Å². The Labute approximate surface area is 145 Å².